The van der Waals surface area contributed by atoms with Gasteiger partial charge in [0.05, 0.1) is 0 Å². The fourth-order valence-corrected chi connectivity index (χ4v) is 1.92. The maximum Gasteiger partial charge on any atom is 0.0134 e. The molecule has 1 fully saturated rings. The van der Waals surface area contributed by atoms with E-state index in [2.05, 4.69) is 37.3 Å². The number of nitrogens with two attached hydrogens (primary N) is 1. The van der Waals surface area contributed by atoms with Crippen molar-refractivity contribution in [1.82, 2.24) is 0 Å². The van der Waals surface area contributed by atoms with Gasteiger partial charge in [0.2, 0.25) is 0 Å². The molecule has 0 spiro atoms. The van der Waals surface area contributed by atoms with Gasteiger partial charge in [-0.3, -0.25) is 0 Å². The van der Waals surface area contributed by atoms with E-state index in [0.717, 1.165) is 0 Å². The fourth-order valence-electron chi connectivity index (χ4n) is 1.92. The van der Waals surface area contributed by atoms with Crippen molar-refractivity contribution in [1.29, 1.82) is 0 Å². The summed E-state index contributed by atoms with van der Waals surface area (Å²) in [5.74, 6) is 0. The molecule has 0 aliphatic heterocycles. The highest BCUT2D eigenvalue weighted by Gasteiger charge is 2.41. The quantitative estimate of drug-likeness (QED) is 0.670. The second-order valence-corrected chi connectivity index (χ2v) is 3.93. The number of benzene rings is 1. The molecule has 1 aliphatic rings. The summed E-state index contributed by atoms with van der Waals surface area (Å²) < 4.78 is 0. The lowest BCUT2D eigenvalue weighted by Gasteiger charge is -2.45. The lowest BCUT2D eigenvalue weighted by Crippen LogP contribution is -2.51. The van der Waals surface area contributed by atoms with Gasteiger partial charge in [-0.1, -0.05) is 37.3 Å². The van der Waals surface area contributed by atoms with Gasteiger partial charge in [0, 0.05) is 11.5 Å². The van der Waals surface area contributed by atoms with E-state index >= 15 is 0 Å². The first-order valence-corrected chi connectivity index (χ1v) is 4.54. The van der Waals surface area contributed by atoms with Crippen molar-refractivity contribution in [2.24, 2.45) is 5.73 Å². The Morgan fingerprint density at radius 3 is 2.42 bits per heavy atom. The first kappa shape index (κ1) is 7.81. The first-order valence-electron chi connectivity index (χ1n) is 4.54. The van der Waals surface area contributed by atoms with Crippen LogP contribution in [0.2, 0.25) is 0 Å². The molecule has 1 saturated carbocycles. The van der Waals surface area contributed by atoms with Crippen LogP contribution in [0.3, 0.4) is 0 Å². The van der Waals surface area contributed by atoms with Gasteiger partial charge in [-0.2, -0.15) is 0 Å². The summed E-state index contributed by atoms with van der Waals surface area (Å²) in [6, 6.07) is 11.0. The Labute approximate surface area is 73.6 Å². The summed E-state index contributed by atoms with van der Waals surface area (Å²) in [5, 5.41) is 0. The molecule has 2 unspecified atom stereocenters. The Balaban J connectivity index is 2.31. The highest BCUT2D eigenvalue weighted by atomic mass is 14.7. The standard InChI is InChI=1S/C11H15N/c1-11(8-7-10(11)12)9-5-3-2-4-6-9/h2-6,10H,7-8,12H2,1H3. The zero-order valence-electron chi connectivity index (χ0n) is 7.46. The minimum Gasteiger partial charge on any atom is -0.327 e. The second-order valence-electron chi connectivity index (χ2n) is 3.93. The normalized spacial score (nSPS) is 34.3. The summed E-state index contributed by atoms with van der Waals surface area (Å²) in [4.78, 5) is 0. The number of hydrogen-bond donors (Lipinski definition) is 1. The highest BCUT2D eigenvalue weighted by molar-refractivity contribution is 5.29. The smallest absolute Gasteiger partial charge is 0.0134 e. The van der Waals surface area contributed by atoms with Crippen LogP contribution in [0, 0.1) is 0 Å². The topological polar surface area (TPSA) is 26.0 Å². The molecule has 1 aliphatic carbocycles. The second kappa shape index (κ2) is 2.60. The van der Waals surface area contributed by atoms with Crippen molar-refractivity contribution in [3.05, 3.63) is 35.9 Å². The molecule has 1 aromatic carbocycles. The molecule has 0 saturated heterocycles. The van der Waals surface area contributed by atoms with Crippen molar-refractivity contribution in [2.75, 3.05) is 0 Å². The molecule has 12 heavy (non-hydrogen) atoms. The Hall–Kier alpha value is -0.820. The predicted octanol–water partition coefficient (Wildman–Crippen LogP) is 2.07. The Bertz CT molecular complexity index is 268. The summed E-state index contributed by atoms with van der Waals surface area (Å²) >= 11 is 0. The van der Waals surface area contributed by atoms with E-state index in [1.54, 1.807) is 0 Å². The molecule has 1 heteroatoms. The van der Waals surface area contributed by atoms with Crippen LogP contribution in [0.15, 0.2) is 30.3 Å². The Morgan fingerprint density at radius 1 is 1.33 bits per heavy atom. The van der Waals surface area contributed by atoms with Gasteiger partial charge in [-0.05, 0) is 18.4 Å². The minimum atomic E-state index is 0.251. The summed E-state index contributed by atoms with van der Waals surface area (Å²) in [7, 11) is 0. The molecule has 0 bridgehead atoms. The number of hydrogen-bond acceptors (Lipinski definition) is 1. The van der Waals surface area contributed by atoms with Crippen molar-refractivity contribution in [2.45, 2.75) is 31.2 Å². The van der Waals surface area contributed by atoms with Crippen LogP contribution in [-0.4, -0.2) is 6.04 Å². The van der Waals surface area contributed by atoms with Crippen LogP contribution >= 0.6 is 0 Å². The zero-order chi connectivity index (χ0) is 8.60. The molecule has 0 radical (unpaired) electrons. The Morgan fingerprint density at radius 2 is 2.00 bits per heavy atom. The molecule has 2 atom stereocenters. The molecular formula is C11H15N. The minimum absolute atomic E-state index is 0.251. The van der Waals surface area contributed by atoms with Crippen LogP contribution in [0.5, 0.6) is 0 Å². The third-order valence-electron chi connectivity index (χ3n) is 3.23. The maximum absolute atomic E-state index is 5.99. The predicted molar refractivity (Wildman–Crippen MR) is 51.0 cm³/mol. The van der Waals surface area contributed by atoms with Gasteiger partial charge in [-0.25, -0.2) is 0 Å². The van der Waals surface area contributed by atoms with E-state index < -0.39 is 0 Å². The van der Waals surface area contributed by atoms with Crippen LogP contribution in [-0.2, 0) is 5.41 Å². The van der Waals surface area contributed by atoms with Gasteiger partial charge in [0.1, 0.15) is 0 Å². The molecule has 0 heterocycles. The summed E-state index contributed by atoms with van der Waals surface area (Å²) in [6.45, 7) is 2.26. The number of rotatable bonds is 1. The monoisotopic (exact) mass is 161 g/mol. The van der Waals surface area contributed by atoms with E-state index in [9.17, 15) is 0 Å². The zero-order valence-corrected chi connectivity index (χ0v) is 7.46. The van der Waals surface area contributed by atoms with E-state index in [1.165, 1.54) is 18.4 Å². The molecular weight excluding hydrogens is 146 g/mol. The molecule has 0 aromatic heterocycles. The van der Waals surface area contributed by atoms with E-state index in [4.69, 9.17) is 5.73 Å². The van der Waals surface area contributed by atoms with E-state index in [-0.39, 0.29) is 5.41 Å². The van der Waals surface area contributed by atoms with E-state index in [0.29, 0.717) is 6.04 Å². The van der Waals surface area contributed by atoms with Gasteiger partial charge < -0.3 is 5.73 Å². The average Bonchev–Trinajstić information content (AvgIpc) is 2.16. The molecule has 1 nitrogen and oxygen atoms in total. The fraction of sp³-hybridized carbons (Fsp3) is 0.455. The third kappa shape index (κ3) is 0.969. The van der Waals surface area contributed by atoms with Crippen LogP contribution in [0.4, 0.5) is 0 Å². The van der Waals surface area contributed by atoms with E-state index in [1.807, 2.05) is 0 Å². The Kier molecular flexibility index (Phi) is 1.69. The highest BCUT2D eigenvalue weighted by Crippen LogP contribution is 2.41. The largest absolute Gasteiger partial charge is 0.327 e. The molecule has 0 amide bonds. The summed E-state index contributed by atoms with van der Waals surface area (Å²) in [5.41, 5.74) is 7.63. The molecule has 1 aromatic rings. The van der Waals surface area contributed by atoms with Crippen molar-refractivity contribution in [3.8, 4) is 0 Å². The van der Waals surface area contributed by atoms with Gasteiger partial charge in [0.15, 0.2) is 0 Å². The summed E-state index contributed by atoms with van der Waals surface area (Å²) in [6.07, 6.45) is 2.41. The van der Waals surface area contributed by atoms with Crippen molar-refractivity contribution < 1.29 is 0 Å². The maximum atomic E-state index is 5.99. The third-order valence-corrected chi connectivity index (χ3v) is 3.23. The average molecular weight is 161 g/mol. The van der Waals surface area contributed by atoms with Crippen molar-refractivity contribution in [3.63, 3.8) is 0 Å². The van der Waals surface area contributed by atoms with Crippen LogP contribution in [0.25, 0.3) is 0 Å². The molecule has 64 valence electrons. The SMILES string of the molecule is CC1(c2ccccc2)CCC1N. The van der Waals surface area contributed by atoms with Gasteiger partial charge in [-0.15, -0.1) is 0 Å². The van der Waals surface area contributed by atoms with Crippen molar-refractivity contribution >= 4 is 0 Å². The van der Waals surface area contributed by atoms with Gasteiger partial charge in [0.25, 0.3) is 0 Å². The lowest BCUT2D eigenvalue weighted by molar-refractivity contribution is 0.217. The van der Waals surface area contributed by atoms with Gasteiger partial charge >= 0.3 is 0 Å². The first-order chi connectivity index (χ1) is 5.73. The van der Waals surface area contributed by atoms with Crippen LogP contribution in [0.1, 0.15) is 25.3 Å². The molecule has 2 N–H and O–H groups in total. The van der Waals surface area contributed by atoms with Crippen LogP contribution < -0.4 is 5.73 Å². The molecule has 2 rings (SSSR count). The lowest BCUT2D eigenvalue weighted by atomic mass is 9.62.